The van der Waals surface area contributed by atoms with Crippen molar-refractivity contribution in [2.75, 3.05) is 5.32 Å². The number of aryl methyl sites for hydroxylation is 1. The van der Waals surface area contributed by atoms with Crippen LogP contribution >= 0.6 is 0 Å². The fourth-order valence-corrected chi connectivity index (χ4v) is 8.70. The number of nitrogens with zero attached hydrogens (tertiary/aromatic N) is 1. The van der Waals surface area contributed by atoms with Crippen molar-refractivity contribution in [2.45, 2.75) is 26.2 Å². The van der Waals surface area contributed by atoms with Crippen LogP contribution in [0.15, 0.2) is 146 Å². The van der Waals surface area contributed by atoms with Gasteiger partial charge in [-0.05, 0) is 93.3 Å². The summed E-state index contributed by atoms with van der Waals surface area (Å²) in [4.78, 5) is 0. The SMILES string of the molecule is Cc1ccccc1-c1cc(-c2c(Nc3ccccc3)ccc3c2-c2ccccc2C3(C)C)c2c3c1c1ccccc1n3-c1ccccc1[B]2. The molecule has 7 aromatic carbocycles. The molecule has 1 aromatic heterocycles. The van der Waals surface area contributed by atoms with Gasteiger partial charge in [0, 0.05) is 44.3 Å². The van der Waals surface area contributed by atoms with Gasteiger partial charge in [0.2, 0.25) is 0 Å². The second-order valence-electron chi connectivity index (χ2n) is 14.1. The van der Waals surface area contributed by atoms with Gasteiger partial charge in [0.15, 0.2) is 7.28 Å². The Morgan fingerprint density at radius 2 is 1.31 bits per heavy atom. The lowest BCUT2D eigenvalue weighted by atomic mass is 9.58. The first kappa shape index (κ1) is 28.2. The Morgan fingerprint density at radius 1 is 0.592 bits per heavy atom. The number of para-hydroxylation sites is 3. The zero-order valence-corrected chi connectivity index (χ0v) is 27.9. The smallest absolute Gasteiger partial charge is 0.197 e. The Hall–Kier alpha value is -5.80. The van der Waals surface area contributed by atoms with E-state index in [1.165, 1.54) is 88.5 Å². The zero-order valence-electron chi connectivity index (χ0n) is 27.9. The van der Waals surface area contributed by atoms with Crippen LogP contribution in [0.1, 0.15) is 30.5 Å². The van der Waals surface area contributed by atoms with Gasteiger partial charge in [-0.1, -0.05) is 129 Å². The summed E-state index contributed by atoms with van der Waals surface area (Å²) in [5.41, 5.74) is 19.9. The molecule has 0 saturated carbocycles. The Labute approximate surface area is 287 Å². The van der Waals surface area contributed by atoms with Crippen LogP contribution in [0.25, 0.3) is 60.9 Å². The van der Waals surface area contributed by atoms with E-state index in [2.05, 4.69) is 184 Å². The summed E-state index contributed by atoms with van der Waals surface area (Å²) in [7, 11) is 2.44. The number of nitrogens with one attached hydrogen (secondary N) is 1. The molecule has 8 aromatic rings. The average Bonchev–Trinajstić information content (AvgIpc) is 3.60. The van der Waals surface area contributed by atoms with Crippen molar-refractivity contribution in [3.63, 3.8) is 0 Å². The van der Waals surface area contributed by atoms with Crippen molar-refractivity contribution in [2.24, 2.45) is 0 Å². The van der Waals surface area contributed by atoms with Gasteiger partial charge in [-0.2, -0.15) is 0 Å². The van der Waals surface area contributed by atoms with E-state index >= 15 is 0 Å². The summed E-state index contributed by atoms with van der Waals surface area (Å²) in [6.45, 7) is 6.98. The minimum Gasteiger partial charge on any atom is -0.355 e. The average molecular weight is 626 g/mol. The lowest BCUT2D eigenvalue weighted by molar-refractivity contribution is 0.660. The number of aromatic nitrogens is 1. The van der Waals surface area contributed by atoms with Crippen molar-refractivity contribution < 1.29 is 0 Å². The predicted molar refractivity (Wildman–Crippen MR) is 209 cm³/mol. The van der Waals surface area contributed by atoms with Gasteiger partial charge in [-0.15, -0.1) is 0 Å². The van der Waals surface area contributed by atoms with Gasteiger partial charge in [0.05, 0.1) is 5.52 Å². The highest BCUT2D eigenvalue weighted by atomic mass is 15.0. The van der Waals surface area contributed by atoms with E-state index in [9.17, 15) is 0 Å². The highest BCUT2D eigenvalue weighted by Gasteiger charge is 2.39. The third kappa shape index (κ3) is 3.96. The fourth-order valence-electron chi connectivity index (χ4n) is 8.70. The minimum absolute atomic E-state index is 0.128. The molecule has 0 saturated heterocycles. The maximum atomic E-state index is 3.89. The molecule has 1 aliphatic heterocycles. The number of hydrogen-bond donors (Lipinski definition) is 1. The molecule has 1 N–H and O–H groups in total. The predicted octanol–water partition coefficient (Wildman–Crippen LogP) is 10.4. The summed E-state index contributed by atoms with van der Waals surface area (Å²) >= 11 is 0. The highest BCUT2D eigenvalue weighted by Crippen LogP contribution is 2.55. The number of rotatable bonds is 4. The van der Waals surface area contributed by atoms with Crippen LogP contribution in [0.3, 0.4) is 0 Å². The van der Waals surface area contributed by atoms with Gasteiger partial charge < -0.3 is 9.88 Å². The monoisotopic (exact) mass is 625 g/mol. The fraction of sp³-hybridized carbons (Fsp3) is 0.0870. The Bertz CT molecular complexity index is 2640. The number of benzene rings is 7. The molecule has 2 heterocycles. The molecular formula is C46H34BN2. The quantitative estimate of drug-likeness (QED) is 0.193. The summed E-state index contributed by atoms with van der Waals surface area (Å²) in [5, 5.41) is 6.47. The van der Waals surface area contributed by atoms with Gasteiger partial charge in [-0.3, -0.25) is 0 Å². The largest absolute Gasteiger partial charge is 0.355 e. The molecule has 1 radical (unpaired) electrons. The van der Waals surface area contributed by atoms with Crippen LogP contribution in [0, 0.1) is 6.92 Å². The molecule has 3 heteroatoms. The van der Waals surface area contributed by atoms with Crippen molar-refractivity contribution in [1.29, 1.82) is 0 Å². The van der Waals surface area contributed by atoms with E-state index in [4.69, 9.17) is 0 Å². The normalized spacial score (nSPS) is 13.5. The molecule has 10 rings (SSSR count). The lowest BCUT2D eigenvalue weighted by Gasteiger charge is -2.27. The maximum absolute atomic E-state index is 3.89. The van der Waals surface area contributed by atoms with Gasteiger partial charge >= 0.3 is 0 Å². The third-order valence-corrected chi connectivity index (χ3v) is 11.0. The molecule has 0 atom stereocenters. The molecule has 0 spiro atoms. The number of hydrogen-bond acceptors (Lipinski definition) is 1. The summed E-state index contributed by atoms with van der Waals surface area (Å²) in [5.74, 6) is 0. The molecule has 231 valence electrons. The number of anilines is 2. The zero-order chi connectivity index (χ0) is 32.9. The number of fused-ring (bicyclic) bond motifs is 8. The molecule has 49 heavy (non-hydrogen) atoms. The molecular weight excluding hydrogens is 591 g/mol. The van der Waals surface area contributed by atoms with Crippen LogP contribution in [0.2, 0.25) is 0 Å². The Kier molecular flexibility index (Phi) is 5.96. The molecule has 0 amide bonds. The van der Waals surface area contributed by atoms with E-state index in [0.29, 0.717) is 0 Å². The van der Waals surface area contributed by atoms with Crippen LogP contribution in [0.4, 0.5) is 11.4 Å². The van der Waals surface area contributed by atoms with E-state index < -0.39 is 0 Å². The standard InChI is InChI=1S/C46H34BN2/c1-28-15-7-8-18-30(28)33-27-34(44-45-41(33)32-20-10-13-23-39(32)49(45)40-24-14-12-22-37(40)47-44)43-38(48-29-16-5-4-6-17-29)26-25-36-42(43)31-19-9-11-21-35(31)46(36,2)3/h4-27,48H,1-3H3. The minimum atomic E-state index is -0.128. The van der Waals surface area contributed by atoms with E-state index in [1.54, 1.807) is 0 Å². The molecule has 1 aliphatic carbocycles. The third-order valence-electron chi connectivity index (χ3n) is 11.0. The maximum Gasteiger partial charge on any atom is 0.197 e. The van der Waals surface area contributed by atoms with Crippen molar-refractivity contribution >= 4 is 51.4 Å². The molecule has 0 unspecified atom stereocenters. The Morgan fingerprint density at radius 3 is 2.16 bits per heavy atom. The van der Waals surface area contributed by atoms with Crippen LogP contribution < -0.4 is 16.2 Å². The van der Waals surface area contributed by atoms with Crippen molar-refractivity contribution in [1.82, 2.24) is 4.57 Å². The van der Waals surface area contributed by atoms with E-state index in [-0.39, 0.29) is 5.41 Å². The summed E-state index contributed by atoms with van der Waals surface area (Å²) in [6, 6.07) is 53.4. The first-order valence-electron chi connectivity index (χ1n) is 17.2. The lowest BCUT2D eigenvalue weighted by Crippen LogP contribution is -2.37. The van der Waals surface area contributed by atoms with Crippen LogP contribution in [0.5, 0.6) is 0 Å². The second kappa shape index (κ2) is 10.4. The van der Waals surface area contributed by atoms with Crippen molar-refractivity contribution in [3.8, 4) is 39.1 Å². The summed E-state index contributed by atoms with van der Waals surface area (Å²) in [6.07, 6.45) is 0. The van der Waals surface area contributed by atoms with Gasteiger partial charge in [0.1, 0.15) is 0 Å². The second-order valence-corrected chi connectivity index (χ2v) is 14.1. The first-order chi connectivity index (χ1) is 24.0. The van der Waals surface area contributed by atoms with E-state index in [0.717, 1.165) is 11.4 Å². The molecule has 2 aliphatic rings. The first-order valence-corrected chi connectivity index (χ1v) is 17.2. The van der Waals surface area contributed by atoms with Crippen LogP contribution in [-0.2, 0) is 5.41 Å². The molecule has 0 fully saturated rings. The molecule has 2 nitrogen and oxygen atoms in total. The van der Waals surface area contributed by atoms with Crippen molar-refractivity contribution in [3.05, 3.63) is 162 Å². The highest BCUT2D eigenvalue weighted by molar-refractivity contribution is 6.73. The van der Waals surface area contributed by atoms with Crippen LogP contribution in [-0.4, -0.2) is 11.8 Å². The Balaban J connectivity index is 1.42. The van der Waals surface area contributed by atoms with Gasteiger partial charge in [-0.25, -0.2) is 0 Å². The molecule has 0 bridgehead atoms. The van der Waals surface area contributed by atoms with Gasteiger partial charge in [0.25, 0.3) is 0 Å². The van der Waals surface area contributed by atoms with E-state index in [1.807, 2.05) is 0 Å². The summed E-state index contributed by atoms with van der Waals surface area (Å²) < 4.78 is 2.52. The topological polar surface area (TPSA) is 17.0 Å².